The van der Waals surface area contributed by atoms with Gasteiger partial charge in [-0.3, -0.25) is 4.79 Å². The molecular weight excluding hydrogens is 327 g/mol. The molecule has 21 heavy (non-hydrogen) atoms. The number of nitrogens with two attached hydrogens (primary N) is 1. The number of thioether (sulfide) groups is 1. The molecule has 1 heterocycles. The number of halogens is 2. The van der Waals surface area contributed by atoms with Crippen LogP contribution in [0.1, 0.15) is 19.8 Å². The average molecular weight is 349 g/mol. The molecule has 1 fully saturated rings. The number of hydrogen-bond donors (Lipinski definition) is 1. The summed E-state index contributed by atoms with van der Waals surface area (Å²) in [5.74, 6) is 1.04. The third-order valence-corrected chi connectivity index (χ3v) is 5.07. The van der Waals surface area contributed by atoms with Gasteiger partial charge in [0.05, 0.1) is 0 Å². The van der Waals surface area contributed by atoms with Crippen LogP contribution in [0, 0.1) is 5.41 Å². The molecule has 2 rings (SSSR count). The predicted molar refractivity (Wildman–Crippen MR) is 92.4 cm³/mol. The minimum Gasteiger partial charge on any atom is -0.342 e. The van der Waals surface area contributed by atoms with Crippen LogP contribution in [0.4, 0.5) is 0 Å². The smallest absolute Gasteiger partial charge is 0.223 e. The summed E-state index contributed by atoms with van der Waals surface area (Å²) in [4.78, 5) is 15.2. The van der Waals surface area contributed by atoms with E-state index in [2.05, 4.69) is 6.92 Å². The van der Waals surface area contributed by atoms with Crippen LogP contribution in [0.25, 0.3) is 0 Å². The van der Waals surface area contributed by atoms with Gasteiger partial charge < -0.3 is 10.6 Å². The summed E-state index contributed by atoms with van der Waals surface area (Å²) >= 11 is 7.53. The summed E-state index contributed by atoms with van der Waals surface area (Å²) in [7, 11) is 0. The summed E-state index contributed by atoms with van der Waals surface area (Å²) in [5.41, 5.74) is 5.88. The van der Waals surface area contributed by atoms with Crippen molar-refractivity contribution in [2.75, 3.05) is 25.4 Å². The molecule has 118 valence electrons. The van der Waals surface area contributed by atoms with Crippen LogP contribution in [-0.4, -0.2) is 36.2 Å². The van der Waals surface area contributed by atoms with E-state index in [1.54, 1.807) is 11.8 Å². The molecule has 0 aliphatic carbocycles. The van der Waals surface area contributed by atoms with E-state index in [9.17, 15) is 4.79 Å². The quantitative estimate of drug-likeness (QED) is 0.829. The zero-order valence-corrected chi connectivity index (χ0v) is 14.6. The molecule has 2 N–H and O–H groups in total. The molecule has 0 radical (unpaired) electrons. The van der Waals surface area contributed by atoms with Crippen molar-refractivity contribution in [2.24, 2.45) is 11.1 Å². The summed E-state index contributed by atoms with van der Waals surface area (Å²) in [6, 6.07) is 7.72. The molecule has 1 atom stereocenters. The van der Waals surface area contributed by atoms with Crippen LogP contribution in [0.3, 0.4) is 0 Å². The Balaban J connectivity index is 0.00000220. The van der Waals surface area contributed by atoms with Crippen LogP contribution in [0.5, 0.6) is 0 Å². The molecular formula is C15H22Cl2N2OS. The minimum atomic E-state index is 0. The van der Waals surface area contributed by atoms with Crippen molar-refractivity contribution in [1.29, 1.82) is 0 Å². The SMILES string of the molecule is CC1(CN)CCN(C(=O)CCSc2ccc(Cl)cc2)C1.Cl. The van der Waals surface area contributed by atoms with Crippen molar-refractivity contribution in [1.82, 2.24) is 4.90 Å². The van der Waals surface area contributed by atoms with E-state index in [-0.39, 0.29) is 23.7 Å². The second-order valence-electron chi connectivity index (χ2n) is 5.63. The fraction of sp³-hybridized carbons (Fsp3) is 0.533. The minimum absolute atomic E-state index is 0. The molecule has 1 aromatic carbocycles. The van der Waals surface area contributed by atoms with E-state index in [1.807, 2.05) is 29.2 Å². The number of amides is 1. The summed E-state index contributed by atoms with van der Waals surface area (Å²) < 4.78 is 0. The van der Waals surface area contributed by atoms with Gasteiger partial charge in [0.1, 0.15) is 0 Å². The second kappa shape index (κ2) is 8.28. The number of benzene rings is 1. The van der Waals surface area contributed by atoms with Gasteiger partial charge in [0.25, 0.3) is 0 Å². The molecule has 1 aromatic rings. The maximum absolute atomic E-state index is 12.1. The molecule has 3 nitrogen and oxygen atoms in total. The predicted octanol–water partition coefficient (Wildman–Crippen LogP) is 3.44. The summed E-state index contributed by atoms with van der Waals surface area (Å²) in [5, 5.41) is 0.739. The first-order valence-corrected chi connectivity index (χ1v) is 8.25. The van der Waals surface area contributed by atoms with Gasteiger partial charge in [0.2, 0.25) is 5.91 Å². The molecule has 1 saturated heterocycles. The largest absolute Gasteiger partial charge is 0.342 e. The maximum atomic E-state index is 12.1. The lowest BCUT2D eigenvalue weighted by Gasteiger charge is -2.22. The van der Waals surface area contributed by atoms with Gasteiger partial charge in [0, 0.05) is 35.2 Å². The number of rotatable bonds is 5. The third-order valence-electron chi connectivity index (χ3n) is 3.80. The Bertz CT molecular complexity index is 469. The number of likely N-dealkylation sites (tertiary alicyclic amines) is 1. The topological polar surface area (TPSA) is 46.3 Å². The fourth-order valence-corrected chi connectivity index (χ4v) is 3.32. The fourth-order valence-electron chi connectivity index (χ4n) is 2.35. The van der Waals surface area contributed by atoms with Crippen molar-refractivity contribution < 1.29 is 4.79 Å². The Kier molecular flexibility index (Phi) is 7.34. The molecule has 0 bridgehead atoms. The van der Waals surface area contributed by atoms with E-state index >= 15 is 0 Å². The first-order chi connectivity index (χ1) is 9.52. The Morgan fingerprint density at radius 2 is 2.10 bits per heavy atom. The van der Waals surface area contributed by atoms with E-state index in [4.69, 9.17) is 17.3 Å². The van der Waals surface area contributed by atoms with Gasteiger partial charge in [0.15, 0.2) is 0 Å². The van der Waals surface area contributed by atoms with Crippen molar-refractivity contribution in [2.45, 2.75) is 24.7 Å². The number of carbonyl (C=O) groups excluding carboxylic acids is 1. The first-order valence-electron chi connectivity index (χ1n) is 6.89. The van der Waals surface area contributed by atoms with Crippen molar-refractivity contribution >= 4 is 41.7 Å². The molecule has 1 aliphatic heterocycles. The highest BCUT2D eigenvalue weighted by Crippen LogP contribution is 2.29. The molecule has 1 amide bonds. The Morgan fingerprint density at radius 3 is 2.67 bits per heavy atom. The Labute approximate surface area is 142 Å². The zero-order valence-electron chi connectivity index (χ0n) is 12.2. The van der Waals surface area contributed by atoms with Gasteiger partial charge in [-0.2, -0.15) is 0 Å². The van der Waals surface area contributed by atoms with Crippen molar-refractivity contribution in [3.05, 3.63) is 29.3 Å². The number of carbonyl (C=O) groups is 1. The van der Waals surface area contributed by atoms with Gasteiger partial charge in [-0.25, -0.2) is 0 Å². The Hall–Kier alpha value is -0.420. The number of nitrogens with zero attached hydrogens (tertiary/aromatic N) is 1. The van der Waals surface area contributed by atoms with E-state index in [0.717, 1.165) is 35.2 Å². The zero-order chi connectivity index (χ0) is 14.6. The lowest BCUT2D eigenvalue weighted by atomic mass is 9.90. The molecule has 1 unspecified atom stereocenters. The van der Waals surface area contributed by atoms with Crippen LogP contribution in [0.15, 0.2) is 29.2 Å². The van der Waals surface area contributed by atoms with Crippen LogP contribution in [0.2, 0.25) is 5.02 Å². The first kappa shape index (κ1) is 18.6. The molecule has 0 saturated carbocycles. The highest BCUT2D eigenvalue weighted by atomic mass is 35.5. The van der Waals surface area contributed by atoms with E-state index < -0.39 is 0 Å². The third kappa shape index (κ3) is 5.37. The van der Waals surface area contributed by atoms with Crippen molar-refractivity contribution in [3.63, 3.8) is 0 Å². The molecule has 0 aromatic heterocycles. The molecule has 0 spiro atoms. The summed E-state index contributed by atoms with van der Waals surface area (Å²) in [6.45, 7) is 4.45. The van der Waals surface area contributed by atoms with Crippen LogP contribution in [-0.2, 0) is 4.79 Å². The van der Waals surface area contributed by atoms with Gasteiger partial charge in [-0.05, 0) is 42.6 Å². The second-order valence-corrected chi connectivity index (χ2v) is 7.24. The lowest BCUT2D eigenvalue weighted by Crippen LogP contribution is -2.34. The monoisotopic (exact) mass is 348 g/mol. The van der Waals surface area contributed by atoms with Gasteiger partial charge in [-0.15, -0.1) is 24.2 Å². The van der Waals surface area contributed by atoms with Gasteiger partial charge >= 0.3 is 0 Å². The van der Waals surface area contributed by atoms with Crippen LogP contribution < -0.4 is 5.73 Å². The Morgan fingerprint density at radius 1 is 1.43 bits per heavy atom. The highest BCUT2D eigenvalue weighted by molar-refractivity contribution is 7.99. The normalized spacial score (nSPS) is 21.2. The van der Waals surface area contributed by atoms with Crippen LogP contribution >= 0.6 is 35.8 Å². The molecule has 1 aliphatic rings. The van der Waals surface area contributed by atoms with E-state index in [0.29, 0.717) is 13.0 Å². The average Bonchev–Trinajstić information content (AvgIpc) is 2.84. The highest BCUT2D eigenvalue weighted by Gasteiger charge is 2.34. The summed E-state index contributed by atoms with van der Waals surface area (Å²) in [6.07, 6.45) is 1.59. The van der Waals surface area contributed by atoms with Gasteiger partial charge in [-0.1, -0.05) is 18.5 Å². The van der Waals surface area contributed by atoms with E-state index in [1.165, 1.54) is 0 Å². The standard InChI is InChI=1S/C15H21ClN2OS.ClH/c1-15(10-17)7-8-18(11-15)14(19)6-9-20-13-4-2-12(16)3-5-13;/h2-5H,6-11,17H2,1H3;1H. The lowest BCUT2D eigenvalue weighted by molar-refractivity contribution is -0.130. The maximum Gasteiger partial charge on any atom is 0.223 e. The molecule has 6 heteroatoms. The van der Waals surface area contributed by atoms with Crippen molar-refractivity contribution in [3.8, 4) is 0 Å². The number of hydrogen-bond acceptors (Lipinski definition) is 3.